The maximum atomic E-state index is 12.0. The highest BCUT2D eigenvalue weighted by atomic mass is 16.4. The Balaban J connectivity index is 1.30. The molecule has 6 rings (SSSR count). The first-order valence-corrected chi connectivity index (χ1v) is 15.7. The Bertz CT molecular complexity index is 1500. The molecule has 228 valence electrons. The molecular formula is C34H44N6O3. The topological polar surface area (TPSA) is 106 Å². The summed E-state index contributed by atoms with van der Waals surface area (Å²) < 4.78 is 0. The normalized spacial score (nSPS) is 19.0. The zero-order chi connectivity index (χ0) is 30.3. The molecule has 43 heavy (non-hydrogen) atoms. The van der Waals surface area contributed by atoms with Gasteiger partial charge in [-0.2, -0.15) is 4.98 Å². The van der Waals surface area contributed by atoms with Crippen molar-refractivity contribution in [2.75, 3.05) is 47.4 Å². The zero-order valence-electron chi connectivity index (χ0n) is 25.9. The quantitative estimate of drug-likeness (QED) is 0.417. The summed E-state index contributed by atoms with van der Waals surface area (Å²) >= 11 is 0. The van der Waals surface area contributed by atoms with Gasteiger partial charge >= 0.3 is 5.97 Å². The number of rotatable bonds is 6. The molecule has 0 radical (unpaired) electrons. The number of aliphatic carboxylic acids is 1. The average molecular weight is 585 g/mol. The second-order valence-electron chi connectivity index (χ2n) is 13.3. The Kier molecular flexibility index (Phi) is 8.02. The maximum absolute atomic E-state index is 12.0. The van der Waals surface area contributed by atoms with Crippen LogP contribution in [0.1, 0.15) is 67.6 Å². The molecule has 0 atom stereocenters. The fourth-order valence-corrected chi connectivity index (χ4v) is 6.90. The van der Waals surface area contributed by atoms with Crippen molar-refractivity contribution in [2.45, 2.75) is 78.9 Å². The number of carboxylic acid groups (broad SMARTS) is 1. The molecule has 2 saturated heterocycles. The summed E-state index contributed by atoms with van der Waals surface area (Å²) in [7, 11) is 0. The number of aliphatic hydroxyl groups excluding tert-OH is 1. The molecule has 0 aliphatic carbocycles. The van der Waals surface area contributed by atoms with E-state index in [9.17, 15) is 15.0 Å². The number of anilines is 3. The third-order valence-corrected chi connectivity index (χ3v) is 9.62. The number of carbonyl (C=O) groups is 1. The Labute approximate surface area is 254 Å². The predicted octanol–water partition coefficient (Wildman–Crippen LogP) is 4.93. The van der Waals surface area contributed by atoms with Crippen molar-refractivity contribution in [3.05, 3.63) is 58.5 Å². The van der Waals surface area contributed by atoms with Gasteiger partial charge in [0.1, 0.15) is 5.82 Å². The first-order valence-electron chi connectivity index (χ1n) is 15.7. The van der Waals surface area contributed by atoms with E-state index in [0.717, 1.165) is 117 Å². The van der Waals surface area contributed by atoms with Crippen molar-refractivity contribution in [3.8, 4) is 11.1 Å². The summed E-state index contributed by atoms with van der Waals surface area (Å²) in [5.41, 5.74) is 8.71. The Morgan fingerprint density at radius 1 is 0.930 bits per heavy atom. The van der Waals surface area contributed by atoms with Gasteiger partial charge in [0, 0.05) is 68.0 Å². The van der Waals surface area contributed by atoms with Crippen LogP contribution in [-0.2, 0) is 24.2 Å². The van der Waals surface area contributed by atoms with Crippen LogP contribution in [0.15, 0.2) is 30.5 Å². The van der Waals surface area contributed by atoms with Gasteiger partial charge in [0.25, 0.3) is 0 Å². The van der Waals surface area contributed by atoms with Gasteiger partial charge in [0.2, 0.25) is 5.95 Å². The van der Waals surface area contributed by atoms with Crippen LogP contribution >= 0.6 is 0 Å². The van der Waals surface area contributed by atoms with Gasteiger partial charge in [-0.15, -0.1) is 0 Å². The molecule has 5 heterocycles. The van der Waals surface area contributed by atoms with Crippen molar-refractivity contribution in [3.63, 3.8) is 0 Å². The summed E-state index contributed by atoms with van der Waals surface area (Å²) in [5.74, 6) is 0.839. The minimum Gasteiger partial charge on any atom is -0.481 e. The Morgan fingerprint density at radius 3 is 2.40 bits per heavy atom. The minimum absolute atomic E-state index is 0.0276. The second-order valence-corrected chi connectivity index (χ2v) is 13.3. The SMILES string of the molecule is Cc1nc(C)c(-c2ccc3c(c2)CCN(c2ccnc(N4CCC(O)CC4)n2)C3)c(N2CCC(C)(C)CC2)c1CC(=O)O. The van der Waals surface area contributed by atoms with E-state index in [1.54, 1.807) is 0 Å². The fourth-order valence-electron chi connectivity index (χ4n) is 6.90. The summed E-state index contributed by atoms with van der Waals surface area (Å²) in [6.45, 7) is 13.6. The van der Waals surface area contributed by atoms with Gasteiger partial charge in [0.05, 0.1) is 18.2 Å². The number of piperidine rings is 2. The summed E-state index contributed by atoms with van der Waals surface area (Å²) in [6, 6.07) is 8.70. The Morgan fingerprint density at radius 2 is 1.67 bits per heavy atom. The van der Waals surface area contributed by atoms with Gasteiger partial charge < -0.3 is 24.9 Å². The summed E-state index contributed by atoms with van der Waals surface area (Å²) in [4.78, 5) is 33.2. The van der Waals surface area contributed by atoms with Gasteiger partial charge in [-0.1, -0.05) is 32.0 Å². The first-order chi connectivity index (χ1) is 20.6. The number of hydrogen-bond acceptors (Lipinski definition) is 8. The van der Waals surface area contributed by atoms with Crippen LogP contribution in [-0.4, -0.2) is 70.0 Å². The third kappa shape index (κ3) is 6.18. The number of aryl methyl sites for hydroxylation is 2. The van der Waals surface area contributed by atoms with Crippen LogP contribution in [0.3, 0.4) is 0 Å². The van der Waals surface area contributed by atoms with Crippen molar-refractivity contribution in [1.29, 1.82) is 0 Å². The van der Waals surface area contributed by atoms with Gasteiger partial charge in [-0.3, -0.25) is 9.78 Å². The number of aliphatic hydroxyl groups is 1. The molecule has 0 amide bonds. The second kappa shape index (κ2) is 11.8. The van der Waals surface area contributed by atoms with E-state index in [1.807, 2.05) is 19.2 Å². The highest BCUT2D eigenvalue weighted by Gasteiger charge is 2.31. The lowest BCUT2D eigenvalue weighted by atomic mass is 9.82. The lowest BCUT2D eigenvalue weighted by molar-refractivity contribution is -0.136. The molecule has 0 unspecified atom stereocenters. The molecule has 1 aromatic carbocycles. The molecule has 2 N–H and O–H groups in total. The first kappa shape index (κ1) is 29.4. The number of aromatic nitrogens is 3. The van der Waals surface area contributed by atoms with Crippen molar-refractivity contribution >= 4 is 23.4 Å². The summed E-state index contributed by atoms with van der Waals surface area (Å²) in [6.07, 6.45) is 6.12. The predicted molar refractivity (Wildman–Crippen MR) is 170 cm³/mol. The molecule has 3 aliphatic rings. The fraction of sp³-hybridized carbons (Fsp3) is 0.529. The van der Waals surface area contributed by atoms with Crippen LogP contribution in [0.4, 0.5) is 17.5 Å². The number of carboxylic acids is 1. The van der Waals surface area contributed by atoms with E-state index < -0.39 is 5.97 Å². The van der Waals surface area contributed by atoms with E-state index in [2.05, 4.69) is 58.7 Å². The van der Waals surface area contributed by atoms with Crippen LogP contribution in [0.5, 0.6) is 0 Å². The van der Waals surface area contributed by atoms with Gasteiger partial charge in [-0.25, -0.2) is 4.98 Å². The van der Waals surface area contributed by atoms with Crippen LogP contribution in [0, 0.1) is 19.3 Å². The maximum Gasteiger partial charge on any atom is 0.307 e. The number of hydrogen-bond donors (Lipinski definition) is 2. The lowest BCUT2D eigenvalue weighted by Crippen LogP contribution is -2.38. The van der Waals surface area contributed by atoms with Crippen molar-refractivity contribution < 1.29 is 15.0 Å². The highest BCUT2D eigenvalue weighted by Crippen LogP contribution is 2.42. The minimum atomic E-state index is -0.824. The molecule has 0 bridgehead atoms. The molecule has 0 spiro atoms. The zero-order valence-corrected chi connectivity index (χ0v) is 25.9. The van der Waals surface area contributed by atoms with E-state index >= 15 is 0 Å². The van der Waals surface area contributed by atoms with E-state index in [4.69, 9.17) is 9.97 Å². The van der Waals surface area contributed by atoms with Gasteiger partial charge in [0.15, 0.2) is 0 Å². The number of fused-ring (bicyclic) bond motifs is 1. The standard InChI is InChI=1S/C34H44N6O3/c1-22-28(20-30(42)43)32(38-17-11-34(3,4)12-18-38)31(23(2)36-22)25-5-6-26-21-40(14-8-24(26)19-25)29-7-13-35-33(37-29)39-15-9-27(41)10-16-39/h5-7,13,19,27,41H,8-12,14-18,20-21H2,1-4H3,(H,42,43). The molecule has 9 nitrogen and oxygen atoms in total. The number of nitrogens with zero attached hydrogens (tertiary/aromatic N) is 6. The van der Waals surface area contributed by atoms with Gasteiger partial charge in [-0.05, 0) is 74.1 Å². The lowest BCUT2D eigenvalue weighted by Gasteiger charge is -2.40. The van der Waals surface area contributed by atoms with E-state index in [1.165, 1.54) is 11.1 Å². The highest BCUT2D eigenvalue weighted by molar-refractivity contribution is 5.86. The smallest absolute Gasteiger partial charge is 0.307 e. The van der Waals surface area contributed by atoms with Crippen molar-refractivity contribution in [2.24, 2.45) is 5.41 Å². The van der Waals surface area contributed by atoms with E-state index in [0.29, 0.717) is 5.41 Å². The summed E-state index contributed by atoms with van der Waals surface area (Å²) in [5, 5.41) is 19.7. The third-order valence-electron chi connectivity index (χ3n) is 9.62. The molecule has 0 saturated carbocycles. The Hall–Kier alpha value is -3.72. The number of pyridine rings is 1. The van der Waals surface area contributed by atoms with Crippen LogP contribution < -0.4 is 14.7 Å². The number of benzene rings is 1. The molecule has 3 aromatic rings. The van der Waals surface area contributed by atoms with Crippen LogP contribution in [0.25, 0.3) is 11.1 Å². The molecule has 3 aliphatic heterocycles. The van der Waals surface area contributed by atoms with Crippen molar-refractivity contribution in [1.82, 2.24) is 15.0 Å². The molecule has 9 heteroatoms. The monoisotopic (exact) mass is 584 g/mol. The molecule has 2 aromatic heterocycles. The largest absolute Gasteiger partial charge is 0.481 e. The molecule has 2 fully saturated rings. The van der Waals surface area contributed by atoms with E-state index in [-0.39, 0.29) is 12.5 Å². The molecular weight excluding hydrogens is 540 g/mol. The average Bonchev–Trinajstić information content (AvgIpc) is 2.98. The van der Waals surface area contributed by atoms with Crippen LogP contribution in [0.2, 0.25) is 0 Å².